The number of alkyl halides is 3. The molecule has 2 N–H and O–H groups in total. The summed E-state index contributed by atoms with van der Waals surface area (Å²) in [5.74, 6) is -0.304. The molecular formula is C13H15ClF3N3O. The number of rotatable bonds is 2. The predicted molar refractivity (Wildman–Crippen MR) is 74.3 cm³/mol. The van der Waals surface area contributed by atoms with E-state index in [4.69, 9.17) is 17.3 Å². The molecule has 1 aromatic rings. The first kappa shape index (κ1) is 15.9. The molecule has 0 radical (unpaired) electrons. The van der Waals surface area contributed by atoms with E-state index in [1.54, 1.807) is 6.07 Å². The topological polar surface area (TPSA) is 49.6 Å². The molecular weight excluding hydrogens is 307 g/mol. The molecule has 4 nitrogen and oxygen atoms in total. The zero-order chi connectivity index (χ0) is 15.6. The number of nitrogens with two attached hydrogens (primary N) is 1. The highest BCUT2D eigenvalue weighted by molar-refractivity contribution is 6.31. The number of hydrogen-bond donors (Lipinski definition) is 1. The first-order chi connectivity index (χ1) is 9.76. The molecule has 21 heavy (non-hydrogen) atoms. The van der Waals surface area contributed by atoms with Crippen LogP contribution in [0.5, 0.6) is 0 Å². The van der Waals surface area contributed by atoms with Crippen molar-refractivity contribution in [2.45, 2.75) is 6.18 Å². The van der Waals surface area contributed by atoms with Gasteiger partial charge in [-0.25, -0.2) is 0 Å². The highest BCUT2D eigenvalue weighted by atomic mass is 35.5. The Hall–Kier alpha value is -1.47. The van der Waals surface area contributed by atoms with E-state index in [9.17, 15) is 18.0 Å². The molecule has 0 bridgehead atoms. The van der Waals surface area contributed by atoms with E-state index in [2.05, 4.69) is 0 Å². The summed E-state index contributed by atoms with van der Waals surface area (Å²) in [7, 11) is 0. The average molecular weight is 322 g/mol. The van der Waals surface area contributed by atoms with Gasteiger partial charge in [0.2, 0.25) is 0 Å². The molecule has 0 unspecified atom stereocenters. The van der Waals surface area contributed by atoms with E-state index in [-0.39, 0.29) is 37.6 Å². The zero-order valence-electron chi connectivity index (χ0n) is 11.2. The number of halogens is 4. The summed E-state index contributed by atoms with van der Waals surface area (Å²) >= 11 is 5.84. The van der Waals surface area contributed by atoms with Gasteiger partial charge in [-0.3, -0.25) is 9.69 Å². The van der Waals surface area contributed by atoms with Gasteiger partial charge in [-0.1, -0.05) is 11.6 Å². The van der Waals surface area contributed by atoms with Crippen LogP contribution in [0.25, 0.3) is 0 Å². The molecule has 0 atom stereocenters. The number of anilines is 1. The quantitative estimate of drug-likeness (QED) is 0.850. The fourth-order valence-corrected chi connectivity index (χ4v) is 2.42. The summed E-state index contributed by atoms with van der Waals surface area (Å²) in [6, 6.07) is 4.59. The number of nitrogen functional groups attached to an aromatic ring is 1. The SMILES string of the molecule is Nc1ccc(Cl)cc1C(=O)N1CCN(CC(F)(F)F)CC1. The zero-order valence-corrected chi connectivity index (χ0v) is 11.9. The maximum Gasteiger partial charge on any atom is 0.401 e. The molecule has 0 saturated carbocycles. The Balaban J connectivity index is 1.99. The molecule has 1 fully saturated rings. The minimum Gasteiger partial charge on any atom is -0.398 e. The number of carbonyl (C=O) groups is 1. The lowest BCUT2D eigenvalue weighted by atomic mass is 10.1. The molecule has 1 aliphatic rings. The van der Waals surface area contributed by atoms with Crippen LogP contribution in [0, 0.1) is 0 Å². The Labute approximate surface area is 125 Å². The second kappa shape index (κ2) is 6.11. The van der Waals surface area contributed by atoms with Crippen molar-refractivity contribution in [3.63, 3.8) is 0 Å². The van der Waals surface area contributed by atoms with Crippen molar-refractivity contribution >= 4 is 23.2 Å². The Morgan fingerprint density at radius 3 is 2.43 bits per heavy atom. The van der Waals surface area contributed by atoms with Crippen molar-refractivity contribution in [1.29, 1.82) is 0 Å². The largest absolute Gasteiger partial charge is 0.401 e. The molecule has 0 spiro atoms. The van der Waals surface area contributed by atoms with E-state index >= 15 is 0 Å². The van der Waals surface area contributed by atoms with E-state index in [1.807, 2.05) is 0 Å². The van der Waals surface area contributed by atoms with Gasteiger partial charge in [0.1, 0.15) is 0 Å². The molecule has 2 rings (SSSR count). The van der Waals surface area contributed by atoms with Crippen molar-refractivity contribution in [1.82, 2.24) is 9.80 Å². The summed E-state index contributed by atoms with van der Waals surface area (Å²) < 4.78 is 36.9. The summed E-state index contributed by atoms with van der Waals surface area (Å²) in [6.45, 7) is -0.104. The Morgan fingerprint density at radius 1 is 1.24 bits per heavy atom. The summed E-state index contributed by atoms with van der Waals surface area (Å²) in [5.41, 5.74) is 6.33. The fraction of sp³-hybridized carbons (Fsp3) is 0.462. The molecule has 116 valence electrons. The second-order valence-electron chi connectivity index (χ2n) is 4.92. The minimum atomic E-state index is -4.22. The number of carbonyl (C=O) groups excluding carboxylic acids is 1. The van der Waals surface area contributed by atoms with Crippen molar-refractivity contribution in [2.75, 3.05) is 38.5 Å². The van der Waals surface area contributed by atoms with Crippen LogP contribution < -0.4 is 5.73 Å². The molecule has 1 amide bonds. The van der Waals surface area contributed by atoms with Crippen molar-refractivity contribution < 1.29 is 18.0 Å². The van der Waals surface area contributed by atoms with E-state index in [1.165, 1.54) is 21.9 Å². The molecule has 0 aliphatic carbocycles. The third kappa shape index (κ3) is 4.25. The highest BCUT2D eigenvalue weighted by Crippen LogP contribution is 2.21. The van der Waals surface area contributed by atoms with Crippen LogP contribution in [0.3, 0.4) is 0 Å². The van der Waals surface area contributed by atoms with Crippen LogP contribution in [0.4, 0.5) is 18.9 Å². The van der Waals surface area contributed by atoms with Gasteiger partial charge in [0, 0.05) is 36.9 Å². The van der Waals surface area contributed by atoms with Gasteiger partial charge in [0.15, 0.2) is 0 Å². The second-order valence-corrected chi connectivity index (χ2v) is 5.35. The summed E-state index contributed by atoms with van der Waals surface area (Å²) in [4.78, 5) is 15.1. The molecule has 1 saturated heterocycles. The van der Waals surface area contributed by atoms with Gasteiger partial charge in [-0.15, -0.1) is 0 Å². The minimum absolute atomic E-state index is 0.186. The third-order valence-corrected chi connectivity index (χ3v) is 3.54. The van der Waals surface area contributed by atoms with Crippen LogP contribution >= 0.6 is 11.6 Å². The van der Waals surface area contributed by atoms with Gasteiger partial charge < -0.3 is 10.6 Å². The van der Waals surface area contributed by atoms with E-state index in [0.29, 0.717) is 10.7 Å². The molecule has 1 heterocycles. The Morgan fingerprint density at radius 2 is 1.86 bits per heavy atom. The van der Waals surface area contributed by atoms with Gasteiger partial charge in [0.25, 0.3) is 5.91 Å². The maximum atomic E-state index is 12.3. The van der Waals surface area contributed by atoms with Crippen molar-refractivity contribution in [2.24, 2.45) is 0 Å². The lowest BCUT2D eigenvalue weighted by molar-refractivity contribution is -0.148. The van der Waals surface area contributed by atoms with E-state index < -0.39 is 12.7 Å². The number of hydrogen-bond acceptors (Lipinski definition) is 3. The monoisotopic (exact) mass is 321 g/mol. The first-order valence-electron chi connectivity index (χ1n) is 6.40. The molecule has 1 aromatic carbocycles. The van der Waals surface area contributed by atoms with Crippen LogP contribution in [0.15, 0.2) is 18.2 Å². The number of amides is 1. The third-order valence-electron chi connectivity index (χ3n) is 3.31. The number of benzene rings is 1. The van der Waals surface area contributed by atoms with Gasteiger partial charge in [-0.2, -0.15) is 13.2 Å². The fourth-order valence-electron chi connectivity index (χ4n) is 2.25. The molecule has 1 aliphatic heterocycles. The molecule has 0 aromatic heterocycles. The number of piperazine rings is 1. The van der Waals surface area contributed by atoms with Gasteiger partial charge in [0.05, 0.1) is 12.1 Å². The van der Waals surface area contributed by atoms with Crippen molar-refractivity contribution in [3.05, 3.63) is 28.8 Å². The van der Waals surface area contributed by atoms with Crippen LogP contribution in [0.1, 0.15) is 10.4 Å². The Bertz CT molecular complexity index is 528. The standard InChI is InChI=1S/C13H15ClF3N3O/c14-9-1-2-11(18)10(7-9)12(21)20-5-3-19(4-6-20)8-13(15,16)17/h1-2,7H,3-6,8,18H2. The first-order valence-corrected chi connectivity index (χ1v) is 6.77. The molecule has 8 heteroatoms. The van der Waals surface area contributed by atoms with Gasteiger partial charge >= 0.3 is 6.18 Å². The van der Waals surface area contributed by atoms with Crippen LogP contribution in [0.2, 0.25) is 5.02 Å². The lowest BCUT2D eigenvalue weighted by Crippen LogP contribution is -2.51. The van der Waals surface area contributed by atoms with Crippen molar-refractivity contribution in [3.8, 4) is 0 Å². The number of nitrogens with zero attached hydrogens (tertiary/aromatic N) is 2. The highest BCUT2D eigenvalue weighted by Gasteiger charge is 2.33. The summed E-state index contributed by atoms with van der Waals surface area (Å²) in [6.07, 6.45) is -4.22. The smallest absolute Gasteiger partial charge is 0.398 e. The van der Waals surface area contributed by atoms with Crippen LogP contribution in [-0.4, -0.2) is 54.6 Å². The Kier molecular flexibility index (Phi) is 4.63. The van der Waals surface area contributed by atoms with Gasteiger partial charge in [-0.05, 0) is 18.2 Å². The van der Waals surface area contributed by atoms with Crippen LogP contribution in [-0.2, 0) is 0 Å². The maximum absolute atomic E-state index is 12.3. The summed E-state index contributed by atoms with van der Waals surface area (Å²) in [5, 5.41) is 0.392. The predicted octanol–water partition coefficient (Wildman–Crippen LogP) is 2.24. The lowest BCUT2D eigenvalue weighted by Gasteiger charge is -2.35. The average Bonchev–Trinajstić information content (AvgIpc) is 2.40. The normalized spacial score (nSPS) is 17.0. The van der Waals surface area contributed by atoms with E-state index in [0.717, 1.165) is 0 Å².